The molecule has 20 heavy (non-hydrogen) atoms. The smallest absolute Gasteiger partial charge is 0.381 e. The molecular formula is C14H16F3N3. The molecule has 2 aromatic rings. The van der Waals surface area contributed by atoms with Gasteiger partial charge in [-0.15, -0.1) is 0 Å². The molecule has 1 heterocycles. The molecule has 0 amide bonds. The average Bonchev–Trinajstić information content (AvgIpc) is 2.76. The van der Waals surface area contributed by atoms with Crippen molar-refractivity contribution in [3.8, 4) is 0 Å². The summed E-state index contributed by atoms with van der Waals surface area (Å²) in [7, 11) is 1.85. The van der Waals surface area contributed by atoms with E-state index in [0.717, 1.165) is 29.8 Å². The van der Waals surface area contributed by atoms with Gasteiger partial charge in [0.05, 0.1) is 11.3 Å². The number of halogens is 3. The van der Waals surface area contributed by atoms with Crippen molar-refractivity contribution in [2.24, 2.45) is 7.05 Å². The number of aryl methyl sites for hydroxylation is 2. The molecule has 2 rings (SSSR count). The van der Waals surface area contributed by atoms with Crippen LogP contribution in [0.5, 0.6) is 0 Å². The number of benzene rings is 1. The summed E-state index contributed by atoms with van der Waals surface area (Å²) in [5.41, 5.74) is 2.06. The fourth-order valence-electron chi connectivity index (χ4n) is 2.00. The number of anilines is 1. The summed E-state index contributed by atoms with van der Waals surface area (Å²) in [6.07, 6.45) is -1.56. The normalized spacial score (nSPS) is 11.7. The van der Waals surface area contributed by atoms with Crippen molar-refractivity contribution in [1.82, 2.24) is 9.78 Å². The van der Waals surface area contributed by atoms with Crippen LogP contribution in [0.3, 0.4) is 0 Å². The zero-order chi connectivity index (χ0) is 14.8. The molecular weight excluding hydrogens is 267 g/mol. The number of hydrogen-bond donors (Lipinski definition) is 1. The van der Waals surface area contributed by atoms with Crippen LogP contribution in [0.25, 0.3) is 0 Å². The summed E-state index contributed by atoms with van der Waals surface area (Å²) in [6, 6.07) is 5.02. The van der Waals surface area contributed by atoms with Crippen molar-refractivity contribution in [3.63, 3.8) is 0 Å². The van der Waals surface area contributed by atoms with E-state index < -0.39 is 11.7 Å². The SMILES string of the molecule is CCc1nn(C)cc1CNc1ccc(C(F)(F)F)cc1. The third-order valence-corrected chi connectivity index (χ3v) is 3.02. The molecule has 0 saturated heterocycles. The fourth-order valence-corrected chi connectivity index (χ4v) is 2.00. The average molecular weight is 283 g/mol. The summed E-state index contributed by atoms with van der Waals surface area (Å²) in [5.74, 6) is 0. The molecule has 0 aliphatic rings. The van der Waals surface area contributed by atoms with Crippen LogP contribution in [0, 0.1) is 0 Å². The highest BCUT2D eigenvalue weighted by Gasteiger charge is 2.29. The van der Waals surface area contributed by atoms with Crippen LogP contribution in [0.4, 0.5) is 18.9 Å². The molecule has 0 radical (unpaired) electrons. The number of rotatable bonds is 4. The lowest BCUT2D eigenvalue weighted by Gasteiger charge is -2.09. The minimum Gasteiger partial charge on any atom is -0.381 e. The predicted octanol–water partition coefficient (Wildman–Crippen LogP) is 3.61. The lowest BCUT2D eigenvalue weighted by Crippen LogP contribution is -2.05. The molecule has 0 aliphatic heterocycles. The summed E-state index contributed by atoms with van der Waals surface area (Å²) in [6.45, 7) is 2.56. The first-order chi connectivity index (χ1) is 9.40. The molecule has 108 valence electrons. The van der Waals surface area contributed by atoms with Crippen molar-refractivity contribution in [2.75, 3.05) is 5.32 Å². The summed E-state index contributed by atoms with van der Waals surface area (Å²) < 4.78 is 39.1. The Morgan fingerprint density at radius 2 is 1.85 bits per heavy atom. The predicted molar refractivity (Wildman–Crippen MR) is 71.4 cm³/mol. The molecule has 0 aliphatic carbocycles. The van der Waals surface area contributed by atoms with Crippen LogP contribution in [0.1, 0.15) is 23.7 Å². The van der Waals surface area contributed by atoms with Gasteiger partial charge in [-0.2, -0.15) is 18.3 Å². The molecule has 0 unspecified atom stereocenters. The Hall–Kier alpha value is -1.98. The zero-order valence-corrected chi connectivity index (χ0v) is 11.3. The van der Waals surface area contributed by atoms with E-state index in [-0.39, 0.29) is 0 Å². The van der Waals surface area contributed by atoms with Crippen molar-refractivity contribution in [1.29, 1.82) is 0 Å². The van der Waals surface area contributed by atoms with Crippen LogP contribution in [-0.2, 0) is 26.2 Å². The Kier molecular flexibility index (Phi) is 4.01. The van der Waals surface area contributed by atoms with Gasteiger partial charge in [0.1, 0.15) is 0 Å². The van der Waals surface area contributed by atoms with E-state index in [1.54, 1.807) is 4.68 Å². The number of nitrogens with one attached hydrogen (secondary N) is 1. The van der Waals surface area contributed by atoms with Gasteiger partial charge in [-0.1, -0.05) is 6.92 Å². The molecule has 0 spiro atoms. The van der Waals surface area contributed by atoms with Crippen LogP contribution < -0.4 is 5.32 Å². The highest BCUT2D eigenvalue weighted by atomic mass is 19.4. The first-order valence-electron chi connectivity index (χ1n) is 6.32. The molecule has 1 N–H and O–H groups in total. The second-order valence-corrected chi connectivity index (χ2v) is 4.56. The van der Waals surface area contributed by atoms with E-state index in [9.17, 15) is 13.2 Å². The minimum atomic E-state index is -4.29. The quantitative estimate of drug-likeness (QED) is 0.929. The van der Waals surface area contributed by atoms with Gasteiger partial charge in [-0.3, -0.25) is 4.68 Å². The fraction of sp³-hybridized carbons (Fsp3) is 0.357. The highest BCUT2D eigenvalue weighted by molar-refractivity contribution is 5.45. The van der Waals surface area contributed by atoms with Crippen LogP contribution in [-0.4, -0.2) is 9.78 Å². The lowest BCUT2D eigenvalue weighted by atomic mass is 10.2. The maximum absolute atomic E-state index is 12.4. The van der Waals surface area contributed by atoms with Crippen molar-refractivity contribution < 1.29 is 13.2 Å². The topological polar surface area (TPSA) is 29.9 Å². The van der Waals surface area contributed by atoms with Gasteiger partial charge in [0.2, 0.25) is 0 Å². The molecule has 0 atom stereocenters. The van der Waals surface area contributed by atoms with Gasteiger partial charge in [0.25, 0.3) is 0 Å². The third-order valence-electron chi connectivity index (χ3n) is 3.02. The zero-order valence-electron chi connectivity index (χ0n) is 11.3. The molecule has 0 bridgehead atoms. The Labute approximate surface area is 115 Å². The van der Waals surface area contributed by atoms with E-state index in [2.05, 4.69) is 10.4 Å². The van der Waals surface area contributed by atoms with E-state index in [1.165, 1.54) is 12.1 Å². The Bertz CT molecular complexity index is 570. The molecule has 0 saturated carbocycles. The van der Waals surface area contributed by atoms with Gasteiger partial charge in [0.15, 0.2) is 0 Å². The van der Waals surface area contributed by atoms with Crippen molar-refractivity contribution in [2.45, 2.75) is 26.1 Å². The highest BCUT2D eigenvalue weighted by Crippen LogP contribution is 2.29. The van der Waals surface area contributed by atoms with Crippen LogP contribution in [0.2, 0.25) is 0 Å². The Balaban J connectivity index is 2.04. The maximum atomic E-state index is 12.4. The van der Waals surface area contributed by atoms with Gasteiger partial charge in [-0.25, -0.2) is 0 Å². The van der Waals surface area contributed by atoms with E-state index in [4.69, 9.17) is 0 Å². The summed E-state index contributed by atoms with van der Waals surface area (Å²) >= 11 is 0. The van der Waals surface area contributed by atoms with Crippen molar-refractivity contribution in [3.05, 3.63) is 47.3 Å². The molecule has 1 aromatic heterocycles. The minimum absolute atomic E-state index is 0.544. The first kappa shape index (κ1) is 14.4. The summed E-state index contributed by atoms with van der Waals surface area (Å²) in [5, 5.41) is 7.42. The van der Waals surface area contributed by atoms with E-state index >= 15 is 0 Å². The third kappa shape index (κ3) is 3.31. The first-order valence-corrected chi connectivity index (χ1v) is 6.32. The standard InChI is InChI=1S/C14H16F3N3/c1-3-13-10(9-20(2)19-13)8-18-12-6-4-11(5-7-12)14(15,16)17/h4-7,9,18H,3,8H2,1-2H3. The van der Waals surface area contributed by atoms with E-state index in [0.29, 0.717) is 12.2 Å². The van der Waals surface area contributed by atoms with Crippen LogP contribution in [0.15, 0.2) is 30.5 Å². The Morgan fingerprint density at radius 1 is 1.20 bits per heavy atom. The monoisotopic (exact) mass is 283 g/mol. The Morgan fingerprint density at radius 3 is 2.40 bits per heavy atom. The second kappa shape index (κ2) is 5.56. The second-order valence-electron chi connectivity index (χ2n) is 4.56. The van der Waals surface area contributed by atoms with E-state index in [1.807, 2.05) is 20.2 Å². The molecule has 6 heteroatoms. The summed E-state index contributed by atoms with van der Waals surface area (Å²) in [4.78, 5) is 0. The number of hydrogen-bond acceptors (Lipinski definition) is 2. The van der Waals surface area contributed by atoms with Gasteiger partial charge in [0, 0.05) is 31.0 Å². The number of nitrogens with zero attached hydrogens (tertiary/aromatic N) is 2. The van der Waals surface area contributed by atoms with Gasteiger partial charge >= 0.3 is 6.18 Å². The molecule has 1 aromatic carbocycles. The number of alkyl halides is 3. The van der Waals surface area contributed by atoms with Crippen LogP contribution >= 0.6 is 0 Å². The largest absolute Gasteiger partial charge is 0.416 e. The van der Waals surface area contributed by atoms with Gasteiger partial charge in [-0.05, 0) is 30.7 Å². The van der Waals surface area contributed by atoms with Gasteiger partial charge < -0.3 is 5.32 Å². The lowest BCUT2D eigenvalue weighted by molar-refractivity contribution is -0.137. The maximum Gasteiger partial charge on any atom is 0.416 e. The molecule has 0 fully saturated rings. The molecule has 3 nitrogen and oxygen atoms in total. The number of aromatic nitrogens is 2. The van der Waals surface area contributed by atoms with Crippen molar-refractivity contribution >= 4 is 5.69 Å².